The molecule has 6 heteroatoms. The molecule has 2 aromatic rings. The fourth-order valence-corrected chi connectivity index (χ4v) is 2.40. The van der Waals surface area contributed by atoms with E-state index in [2.05, 4.69) is 10.6 Å². The number of hydrogen-bond donors (Lipinski definition) is 2. The minimum Gasteiger partial charge on any atom is -0.382 e. The monoisotopic (exact) mass is 333 g/mol. The summed E-state index contributed by atoms with van der Waals surface area (Å²) in [5, 5.41) is 15.7. The van der Waals surface area contributed by atoms with Crippen LogP contribution in [0.1, 0.15) is 12.0 Å². The maximum atomic E-state index is 11.9. The minimum absolute atomic E-state index is 0.196. The Morgan fingerprint density at radius 2 is 1.77 bits per heavy atom. The van der Waals surface area contributed by atoms with Crippen molar-refractivity contribution in [3.05, 3.63) is 58.1 Å². The molecule has 0 saturated heterocycles. The van der Waals surface area contributed by atoms with Crippen molar-refractivity contribution in [2.75, 3.05) is 17.2 Å². The Kier molecular flexibility index (Phi) is 5.65. The van der Waals surface area contributed by atoms with E-state index in [4.69, 9.17) is 28.5 Å². The summed E-state index contributed by atoms with van der Waals surface area (Å²) in [7, 11) is 0. The van der Waals surface area contributed by atoms with Crippen molar-refractivity contribution in [2.24, 2.45) is 0 Å². The Morgan fingerprint density at radius 3 is 2.45 bits per heavy atom. The van der Waals surface area contributed by atoms with E-state index in [-0.39, 0.29) is 12.3 Å². The molecule has 0 fully saturated rings. The van der Waals surface area contributed by atoms with Crippen LogP contribution in [0.5, 0.6) is 0 Å². The molecule has 0 atom stereocenters. The van der Waals surface area contributed by atoms with E-state index >= 15 is 0 Å². The van der Waals surface area contributed by atoms with Gasteiger partial charge >= 0.3 is 0 Å². The fourth-order valence-electron chi connectivity index (χ4n) is 1.87. The third-order valence-corrected chi connectivity index (χ3v) is 3.57. The molecule has 112 valence electrons. The largest absolute Gasteiger partial charge is 0.382 e. The van der Waals surface area contributed by atoms with Gasteiger partial charge < -0.3 is 10.6 Å². The highest BCUT2D eigenvalue weighted by atomic mass is 35.5. The number of halogens is 2. The lowest BCUT2D eigenvalue weighted by atomic mass is 10.2. The summed E-state index contributed by atoms with van der Waals surface area (Å²) < 4.78 is 0. The van der Waals surface area contributed by atoms with Gasteiger partial charge in [-0.2, -0.15) is 5.26 Å². The van der Waals surface area contributed by atoms with Gasteiger partial charge in [-0.15, -0.1) is 0 Å². The molecular formula is C16H13Cl2N3O. The second-order valence-electron chi connectivity index (χ2n) is 4.48. The van der Waals surface area contributed by atoms with Gasteiger partial charge in [-0.3, -0.25) is 4.79 Å². The zero-order chi connectivity index (χ0) is 15.9. The number of nitrogens with zero attached hydrogens (tertiary/aromatic N) is 1. The second kappa shape index (κ2) is 7.69. The molecule has 2 rings (SSSR count). The molecule has 0 heterocycles. The van der Waals surface area contributed by atoms with Crippen LogP contribution in [0.15, 0.2) is 42.5 Å². The lowest BCUT2D eigenvalue weighted by molar-refractivity contribution is -0.115. The van der Waals surface area contributed by atoms with Crippen LogP contribution in [0.3, 0.4) is 0 Å². The topological polar surface area (TPSA) is 64.9 Å². The van der Waals surface area contributed by atoms with Crippen molar-refractivity contribution < 1.29 is 4.79 Å². The van der Waals surface area contributed by atoms with Gasteiger partial charge in [0, 0.05) is 13.0 Å². The van der Waals surface area contributed by atoms with Crippen LogP contribution in [-0.2, 0) is 4.79 Å². The number of hydrogen-bond acceptors (Lipinski definition) is 3. The van der Waals surface area contributed by atoms with E-state index in [1.165, 1.54) is 0 Å². The third kappa shape index (κ3) is 4.14. The molecule has 0 aromatic heterocycles. The molecule has 0 bridgehead atoms. The molecule has 4 nitrogen and oxygen atoms in total. The molecule has 2 aromatic carbocycles. The van der Waals surface area contributed by atoms with Gasteiger partial charge in [-0.1, -0.05) is 41.4 Å². The van der Waals surface area contributed by atoms with Crippen molar-refractivity contribution in [1.29, 1.82) is 5.26 Å². The number of benzene rings is 2. The summed E-state index contributed by atoms with van der Waals surface area (Å²) in [4.78, 5) is 11.9. The van der Waals surface area contributed by atoms with E-state index in [1.807, 2.05) is 6.07 Å². The second-order valence-corrected chi connectivity index (χ2v) is 5.29. The smallest absolute Gasteiger partial charge is 0.226 e. The van der Waals surface area contributed by atoms with Gasteiger partial charge in [0.05, 0.1) is 27.0 Å². The Labute approximate surface area is 138 Å². The number of anilines is 2. The first kappa shape index (κ1) is 16.2. The highest BCUT2D eigenvalue weighted by molar-refractivity contribution is 6.39. The number of carbonyl (C=O) groups is 1. The number of rotatable bonds is 5. The number of carbonyl (C=O) groups excluding carboxylic acids is 1. The van der Waals surface area contributed by atoms with E-state index in [9.17, 15) is 4.79 Å². The Morgan fingerprint density at radius 1 is 1.09 bits per heavy atom. The minimum atomic E-state index is -0.196. The van der Waals surface area contributed by atoms with Crippen LogP contribution in [-0.4, -0.2) is 12.5 Å². The average Bonchev–Trinajstić information content (AvgIpc) is 2.51. The third-order valence-electron chi connectivity index (χ3n) is 2.94. The summed E-state index contributed by atoms with van der Waals surface area (Å²) in [5.41, 5.74) is 1.54. The van der Waals surface area contributed by atoms with Gasteiger partial charge in [-0.25, -0.2) is 0 Å². The van der Waals surface area contributed by atoms with Crippen LogP contribution in [0, 0.1) is 11.3 Å². The van der Waals surface area contributed by atoms with E-state index in [1.54, 1.807) is 42.5 Å². The molecule has 22 heavy (non-hydrogen) atoms. The van der Waals surface area contributed by atoms with Crippen molar-refractivity contribution in [1.82, 2.24) is 0 Å². The van der Waals surface area contributed by atoms with Crippen molar-refractivity contribution in [2.45, 2.75) is 6.42 Å². The summed E-state index contributed by atoms with van der Waals surface area (Å²) in [6.45, 7) is 0.379. The summed E-state index contributed by atoms with van der Waals surface area (Å²) in [5.74, 6) is -0.196. The quantitative estimate of drug-likeness (QED) is 0.856. The first-order valence-corrected chi connectivity index (χ1v) is 7.34. The van der Waals surface area contributed by atoms with Crippen LogP contribution in [0.2, 0.25) is 10.0 Å². The Bertz CT molecular complexity index is 705. The number of nitrogens with one attached hydrogen (secondary N) is 2. The first-order chi connectivity index (χ1) is 10.6. The van der Waals surface area contributed by atoms with E-state index < -0.39 is 0 Å². The fraction of sp³-hybridized carbons (Fsp3) is 0.125. The van der Waals surface area contributed by atoms with Gasteiger partial charge in [0.15, 0.2) is 0 Å². The van der Waals surface area contributed by atoms with Crippen LogP contribution < -0.4 is 10.6 Å². The lowest BCUT2D eigenvalue weighted by Crippen LogP contribution is -2.17. The SMILES string of the molecule is N#Cc1ccccc1NC(=O)CCNc1c(Cl)cccc1Cl. The summed E-state index contributed by atoms with van der Waals surface area (Å²) >= 11 is 12.1. The van der Waals surface area contributed by atoms with E-state index in [0.29, 0.717) is 33.5 Å². The highest BCUT2D eigenvalue weighted by Gasteiger charge is 2.08. The predicted molar refractivity (Wildman–Crippen MR) is 89.4 cm³/mol. The normalized spacial score (nSPS) is 9.86. The lowest BCUT2D eigenvalue weighted by Gasteiger charge is -2.10. The standard InChI is InChI=1S/C16H13Cl2N3O/c17-12-5-3-6-13(18)16(12)20-9-8-15(22)21-14-7-2-1-4-11(14)10-19/h1-7,20H,8-9H2,(H,21,22). The van der Waals surface area contributed by atoms with Crippen molar-refractivity contribution in [3.8, 4) is 6.07 Å². The zero-order valence-corrected chi connectivity index (χ0v) is 13.1. The maximum absolute atomic E-state index is 11.9. The highest BCUT2D eigenvalue weighted by Crippen LogP contribution is 2.29. The summed E-state index contributed by atoms with van der Waals surface area (Å²) in [6, 6.07) is 14.1. The van der Waals surface area contributed by atoms with Gasteiger partial charge in [0.25, 0.3) is 0 Å². The molecule has 0 saturated carbocycles. The summed E-state index contributed by atoms with van der Waals surface area (Å²) in [6.07, 6.45) is 0.224. The van der Waals surface area contributed by atoms with E-state index in [0.717, 1.165) is 0 Å². The Hall–Kier alpha value is -2.22. The molecule has 2 N–H and O–H groups in total. The molecular weight excluding hydrogens is 321 g/mol. The van der Waals surface area contributed by atoms with Crippen molar-refractivity contribution >= 4 is 40.5 Å². The van der Waals surface area contributed by atoms with Gasteiger partial charge in [0.1, 0.15) is 6.07 Å². The molecule has 0 aliphatic carbocycles. The molecule has 0 aliphatic rings. The van der Waals surface area contributed by atoms with Crippen molar-refractivity contribution in [3.63, 3.8) is 0 Å². The zero-order valence-electron chi connectivity index (χ0n) is 11.6. The van der Waals surface area contributed by atoms with Crippen LogP contribution >= 0.6 is 23.2 Å². The maximum Gasteiger partial charge on any atom is 0.226 e. The average molecular weight is 334 g/mol. The van der Waals surface area contributed by atoms with Crippen LogP contribution in [0.4, 0.5) is 11.4 Å². The predicted octanol–water partition coefficient (Wildman–Crippen LogP) is 4.31. The Balaban J connectivity index is 1.90. The number of amides is 1. The molecule has 0 unspecified atom stereocenters. The molecule has 0 aliphatic heterocycles. The first-order valence-electron chi connectivity index (χ1n) is 6.58. The molecule has 1 amide bonds. The van der Waals surface area contributed by atoms with Gasteiger partial charge in [0.2, 0.25) is 5.91 Å². The molecule has 0 radical (unpaired) electrons. The van der Waals surface area contributed by atoms with Crippen LogP contribution in [0.25, 0.3) is 0 Å². The number of para-hydroxylation sites is 2. The number of nitriles is 1. The van der Waals surface area contributed by atoms with Gasteiger partial charge in [-0.05, 0) is 24.3 Å². The molecule has 0 spiro atoms.